The van der Waals surface area contributed by atoms with Crippen LogP contribution in [0, 0.1) is 0 Å². The van der Waals surface area contributed by atoms with Crippen LogP contribution in [0.25, 0.3) is 0 Å². The summed E-state index contributed by atoms with van der Waals surface area (Å²) in [6.45, 7) is -3.69. The van der Waals surface area contributed by atoms with E-state index in [4.69, 9.17) is 23.3 Å². The molecule has 6 rings (SSSR count). The van der Waals surface area contributed by atoms with Crippen LogP contribution in [0.5, 0.6) is 28.7 Å². The number of benzene rings is 6. The van der Waals surface area contributed by atoms with Gasteiger partial charge in [-0.2, -0.15) is 0 Å². The van der Waals surface area contributed by atoms with E-state index in [-0.39, 0.29) is 0 Å². The average molecular weight is 649 g/mol. The fraction of sp³-hybridized carbons (Fsp3) is 0.0769. The van der Waals surface area contributed by atoms with Gasteiger partial charge in [-0.05, 0) is 0 Å². The first-order valence-corrected chi connectivity index (χ1v) is 19.9. The third kappa shape index (κ3) is 5.58. The molecule has 7 heteroatoms. The summed E-state index contributed by atoms with van der Waals surface area (Å²) in [6, 6.07) is 54.9. The van der Waals surface area contributed by atoms with E-state index in [1.54, 1.807) is 21.3 Å². The van der Waals surface area contributed by atoms with Crippen LogP contribution in [0.3, 0.4) is 0 Å². The molecule has 0 saturated carbocycles. The Morgan fingerprint density at radius 2 is 0.652 bits per heavy atom. The number of hydrogen-bond acceptors (Lipinski definition) is 5. The molecular weight excluding hydrogens is 610 g/mol. The molecule has 0 heterocycles. The van der Waals surface area contributed by atoms with Crippen molar-refractivity contribution in [2.75, 3.05) is 21.3 Å². The molecular formula is C39H38O5P2. The van der Waals surface area contributed by atoms with Gasteiger partial charge in [-0.1, -0.05) is 0 Å². The monoisotopic (exact) mass is 648 g/mol. The van der Waals surface area contributed by atoms with Crippen molar-refractivity contribution in [1.82, 2.24) is 0 Å². The molecule has 5 nitrogen and oxygen atoms in total. The van der Waals surface area contributed by atoms with Crippen LogP contribution in [0.4, 0.5) is 0 Å². The molecule has 0 N–H and O–H groups in total. The number of rotatable bonds is 12. The van der Waals surface area contributed by atoms with E-state index in [1.165, 1.54) is 0 Å². The van der Waals surface area contributed by atoms with E-state index in [2.05, 4.69) is 48.5 Å². The van der Waals surface area contributed by atoms with Crippen molar-refractivity contribution >= 4 is 35.6 Å². The quantitative estimate of drug-likeness (QED) is 0.127. The average Bonchev–Trinajstić information content (AvgIpc) is 3.13. The van der Waals surface area contributed by atoms with Crippen LogP contribution in [0.2, 0.25) is 0 Å². The fourth-order valence-corrected chi connectivity index (χ4v) is 22.0. The summed E-state index contributed by atoms with van der Waals surface area (Å²) in [5.41, 5.74) is 0. The number of ether oxygens (including phenoxy) is 3. The summed E-state index contributed by atoms with van der Waals surface area (Å²) in [5.74, 6) is 3.59. The van der Waals surface area contributed by atoms with Crippen LogP contribution in [0.15, 0.2) is 164 Å². The summed E-state index contributed by atoms with van der Waals surface area (Å²) in [4.78, 5) is 0. The van der Waals surface area contributed by atoms with Crippen molar-refractivity contribution in [2.45, 2.75) is 0 Å². The molecule has 0 unspecified atom stereocenters. The zero-order valence-electron chi connectivity index (χ0n) is 26.1. The van der Waals surface area contributed by atoms with Gasteiger partial charge in [0.05, 0.1) is 0 Å². The van der Waals surface area contributed by atoms with Crippen LogP contribution in [-0.2, 0) is 0 Å². The summed E-state index contributed by atoms with van der Waals surface area (Å²) in [6.07, 6.45) is 0. The van der Waals surface area contributed by atoms with E-state index in [1.807, 2.05) is 115 Å². The second kappa shape index (κ2) is 14.1. The maximum absolute atomic E-state index is 7.63. The van der Waals surface area contributed by atoms with Crippen molar-refractivity contribution in [3.8, 4) is 28.7 Å². The summed E-state index contributed by atoms with van der Waals surface area (Å²) in [5, 5.41) is 3.90. The Labute approximate surface area is 272 Å². The van der Waals surface area contributed by atoms with Gasteiger partial charge in [0.2, 0.25) is 0 Å². The Bertz CT molecular complexity index is 1710. The maximum atomic E-state index is 7.63. The molecule has 0 saturated heterocycles. The van der Waals surface area contributed by atoms with Crippen molar-refractivity contribution in [1.29, 1.82) is 0 Å². The number of para-hydroxylation sites is 5. The van der Waals surface area contributed by atoms with Gasteiger partial charge in [-0.15, -0.1) is 0 Å². The molecule has 0 aliphatic rings. The molecule has 46 heavy (non-hydrogen) atoms. The summed E-state index contributed by atoms with van der Waals surface area (Å²) < 4.78 is 34.0. The van der Waals surface area contributed by atoms with Crippen LogP contribution < -0.4 is 44.5 Å². The molecule has 6 aromatic carbocycles. The second-order valence-corrected chi connectivity index (χ2v) is 20.2. The molecule has 6 aromatic rings. The standard InChI is InChI=1S/C39H38O5P2/c1-40-34-25-13-16-28-37(34)45(38-29-17-14-26-35(38)41-2,39-30-18-15-27-36(39)42-3)46(33-23-11-6-12-24-33,43-31-19-7-4-8-20-31)44-32-21-9-5-10-22-32/h4-30,45-46H,1-3H3. The SMILES string of the molecule is COc1ccccc1[PH](c1ccccc1OC)(c1ccccc1OC)[PH](Oc1ccccc1)(Oc1ccccc1)c1ccccc1. The zero-order chi connectivity index (χ0) is 31.8. The molecule has 0 bridgehead atoms. The van der Waals surface area contributed by atoms with Crippen molar-refractivity contribution in [2.24, 2.45) is 0 Å². The summed E-state index contributed by atoms with van der Waals surface area (Å²) in [7, 11) is 1.24. The number of hydrogen-bond donors (Lipinski definition) is 0. The van der Waals surface area contributed by atoms with Gasteiger partial charge in [0.1, 0.15) is 0 Å². The Kier molecular flexibility index (Phi) is 9.54. The Balaban J connectivity index is 1.92. The van der Waals surface area contributed by atoms with E-state index < -0.39 is 14.4 Å². The molecule has 0 amide bonds. The van der Waals surface area contributed by atoms with Crippen molar-refractivity contribution < 1.29 is 23.3 Å². The number of methoxy groups -OCH3 is 3. The minimum absolute atomic E-state index is 0.700. The molecule has 0 radical (unpaired) electrons. The first-order chi connectivity index (χ1) is 22.7. The second-order valence-electron chi connectivity index (χ2n) is 10.7. The van der Waals surface area contributed by atoms with Gasteiger partial charge >= 0.3 is 273 Å². The van der Waals surface area contributed by atoms with Crippen LogP contribution in [0.1, 0.15) is 0 Å². The first kappa shape index (κ1) is 31.2. The topological polar surface area (TPSA) is 46.2 Å². The Morgan fingerprint density at radius 1 is 0.348 bits per heavy atom. The van der Waals surface area contributed by atoms with E-state index >= 15 is 0 Å². The zero-order valence-corrected chi connectivity index (χ0v) is 28.1. The minimum atomic E-state index is -3.90. The van der Waals surface area contributed by atoms with Gasteiger partial charge in [-0.3, -0.25) is 0 Å². The van der Waals surface area contributed by atoms with Gasteiger partial charge < -0.3 is 0 Å². The van der Waals surface area contributed by atoms with E-state index in [0.717, 1.165) is 38.5 Å². The molecule has 0 aliphatic carbocycles. The van der Waals surface area contributed by atoms with Crippen molar-refractivity contribution in [3.63, 3.8) is 0 Å². The Morgan fingerprint density at radius 3 is 1.00 bits per heavy atom. The fourth-order valence-electron chi connectivity index (χ4n) is 6.31. The molecule has 234 valence electrons. The summed E-state index contributed by atoms with van der Waals surface area (Å²) >= 11 is 0. The van der Waals surface area contributed by atoms with E-state index in [9.17, 15) is 0 Å². The molecule has 0 atom stereocenters. The van der Waals surface area contributed by atoms with Gasteiger partial charge in [0.25, 0.3) is 0 Å². The first-order valence-electron chi connectivity index (χ1n) is 15.1. The van der Waals surface area contributed by atoms with Gasteiger partial charge in [-0.25, -0.2) is 0 Å². The molecule has 0 aromatic heterocycles. The van der Waals surface area contributed by atoms with E-state index in [0.29, 0.717) is 11.5 Å². The van der Waals surface area contributed by atoms with Gasteiger partial charge in [0, 0.05) is 0 Å². The third-order valence-corrected chi connectivity index (χ3v) is 21.8. The predicted molar refractivity (Wildman–Crippen MR) is 195 cm³/mol. The predicted octanol–water partition coefficient (Wildman–Crippen LogP) is 7.72. The van der Waals surface area contributed by atoms with Gasteiger partial charge in [0.15, 0.2) is 0 Å². The molecule has 0 spiro atoms. The normalized spacial score (nSPS) is 12.1. The third-order valence-electron chi connectivity index (χ3n) is 8.19. The van der Waals surface area contributed by atoms with Crippen LogP contribution in [-0.4, -0.2) is 21.3 Å². The molecule has 0 fully saturated rings. The Hall–Kier alpha value is -4.82. The van der Waals surface area contributed by atoms with Crippen LogP contribution >= 0.6 is 14.4 Å². The molecule has 0 aliphatic heterocycles. The van der Waals surface area contributed by atoms with Crippen molar-refractivity contribution in [3.05, 3.63) is 164 Å².